The fourth-order valence-corrected chi connectivity index (χ4v) is 5.54. The summed E-state index contributed by atoms with van der Waals surface area (Å²) in [4.78, 5) is 0. The fraction of sp³-hybridized carbons (Fsp3) is 0.370. The van der Waals surface area contributed by atoms with E-state index in [4.69, 9.17) is 0 Å². The van der Waals surface area contributed by atoms with Crippen molar-refractivity contribution in [3.8, 4) is 22.4 Å². The predicted octanol–water partition coefficient (Wildman–Crippen LogP) is 6.33. The summed E-state index contributed by atoms with van der Waals surface area (Å²) in [5.74, 6) is 0.770. The quantitative estimate of drug-likeness (QED) is 0.364. The second kappa shape index (κ2) is 6.58. The van der Waals surface area contributed by atoms with Crippen molar-refractivity contribution in [2.24, 2.45) is 7.05 Å². The number of rotatable bonds is 2. The van der Waals surface area contributed by atoms with Crippen LogP contribution in [-0.4, -0.2) is 0 Å². The van der Waals surface area contributed by atoms with Crippen molar-refractivity contribution in [2.75, 3.05) is 0 Å². The number of pyridine rings is 1. The molecule has 2 aliphatic rings. The van der Waals surface area contributed by atoms with Crippen molar-refractivity contribution in [2.45, 2.75) is 58.8 Å². The molecule has 142 valence electrons. The summed E-state index contributed by atoms with van der Waals surface area (Å²) in [6.45, 7) is 6.70. The Labute approximate surface area is 169 Å². The van der Waals surface area contributed by atoms with Gasteiger partial charge in [-0.25, -0.2) is 4.57 Å². The van der Waals surface area contributed by atoms with Gasteiger partial charge in [0.1, 0.15) is 7.05 Å². The van der Waals surface area contributed by atoms with E-state index in [9.17, 15) is 0 Å². The molecule has 5 rings (SSSR count). The molecule has 1 nitrogen and oxygen atoms in total. The molecule has 1 saturated carbocycles. The van der Waals surface area contributed by atoms with Gasteiger partial charge in [-0.2, -0.15) is 0 Å². The van der Waals surface area contributed by atoms with Gasteiger partial charge in [-0.15, -0.1) is 0 Å². The Bertz CT molecular complexity index is 1080. The summed E-state index contributed by atoms with van der Waals surface area (Å²) in [7, 11) is 2.19. The van der Waals surface area contributed by atoms with Gasteiger partial charge in [-0.3, -0.25) is 0 Å². The Morgan fingerprint density at radius 3 is 2.36 bits per heavy atom. The number of aryl methyl sites for hydroxylation is 4. The van der Waals surface area contributed by atoms with Crippen LogP contribution in [0.3, 0.4) is 0 Å². The molecule has 0 N–H and O–H groups in total. The lowest BCUT2D eigenvalue weighted by atomic mass is 9.90. The molecule has 0 radical (unpaired) electrons. The van der Waals surface area contributed by atoms with Crippen molar-refractivity contribution >= 4 is 0 Å². The average Bonchev–Trinajstić information content (AvgIpc) is 3.32. The molecular weight excluding hydrogens is 338 g/mol. The van der Waals surface area contributed by atoms with Gasteiger partial charge >= 0.3 is 0 Å². The monoisotopic (exact) mass is 368 g/mol. The van der Waals surface area contributed by atoms with Crippen molar-refractivity contribution in [1.29, 1.82) is 0 Å². The molecular formula is C27H30N+. The van der Waals surface area contributed by atoms with Crippen LogP contribution in [0.4, 0.5) is 0 Å². The first-order valence-corrected chi connectivity index (χ1v) is 10.8. The minimum Gasteiger partial charge on any atom is -0.201 e. The Morgan fingerprint density at radius 2 is 1.57 bits per heavy atom. The van der Waals surface area contributed by atoms with Crippen LogP contribution in [0.1, 0.15) is 65.0 Å². The van der Waals surface area contributed by atoms with Gasteiger partial charge in [0.25, 0.3) is 0 Å². The van der Waals surface area contributed by atoms with Crippen molar-refractivity contribution in [3.63, 3.8) is 0 Å². The molecule has 1 heteroatoms. The average molecular weight is 369 g/mol. The maximum Gasteiger partial charge on any atom is 0.213 e. The standard InChI is InChI=1S/C27H30N/c1-17-12-13-23-22-11-7-10-21(20-8-5-6-9-20)24(22)15-25(23)27(17)26-14-18(2)19(3)16-28(26)4/h7,10-14,16,20H,5-6,8-9,15H2,1-4H3/q+1. The second-order valence-corrected chi connectivity index (χ2v) is 8.95. The van der Waals surface area contributed by atoms with E-state index in [0.717, 1.165) is 12.3 Å². The Hall–Kier alpha value is -2.41. The lowest BCUT2D eigenvalue weighted by molar-refractivity contribution is -0.660. The van der Waals surface area contributed by atoms with Gasteiger partial charge in [-0.05, 0) is 84.9 Å². The Balaban J connectivity index is 1.70. The number of benzene rings is 2. The van der Waals surface area contributed by atoms with Crippen LogP contribution < -0.4 is 4.57 Å². The second-order valence-electron chi connectivity index (χ2n) is 8.95. The van der Waals surface area contributed by atoms with E-state index in [-0.39, 0.29) is 0 Å². The summed E-state index contributed by atoms with van der Waals surface area (Å²) in [5, 5.41) is 0. The van der Waals surface area contributed by atoms with E-state index < -0.39 is 0 Å². The molecule has 1 fully saturated rings. The number of aromatic nitrogens is 1. The van der Waals surface area contributed by atoms with Crippen LogP contribution in [0.5, 0.6) is 0 Å². The molecule has 0 atom stereocenters. The molecule has 0 spiro atoms. The molecule has 3 aromatic rings. The van der Waals surface area contributed by atoms with Gasteiger partial charge in [0.2, 0.25) is 5.69 Å². The SMILES string of the molecule is Cc1cc(-c2c(C)ccc3c2Cc2c-3cccc2C2CCCC2)[n+](C)cc1C. The van der Waals surface area contributed by atoms with Gasteiger partial charge in [0, 0.05) is 11.6 Å². The van der Waals surface area contributed by atoms with Crippen molar-refractivity contribution < 1.29 is 4.57 Å². The molecule has 1 heterocycles. The molecule has 2 aromatic carbocycles. The Kier molecular flexibility index (Phi) is 4.16. The highest BCUT2D eigenvalue weighted by Crippen LogP contribution is 2.47. The van der Waals surface area contributed by atoms with E-state index in [1.165, 1.54) is 70.3 Å². The first-order chi connectivity index (χ1) is 13.5. The van der Waals surface area contributed by atoms with Gasteiger partial charge in [-0.1, -0.05) is 43.2 Å². The zero-order valence-electron chi connectivity index (χ0n) is 17.6. The van der Waals surface area contributed by atoms with Crippen molar-refractivity contribution in [1.82, 2.24) is 0 Å². The zero-order chi connectivity index (χ0) is 19.4. The normalized spacial score (nSPS) is 15.7. The predicted molar refractivity (Wildman–Crippen MR) is 117 cm³/mol. The lowest BCUT2D eigenvalue weighted by Crippen LogP contribution is -2.32. The summed E-state index contributed by atoms with van der Waals surface area (Å²) in [6, 6.07) is 14.1. The van der Waals surface area contributed by atoms with E-state index in [1.807, 2.05) is 0 Å². The molecule has 0 bridgehead atoms. The summed E-state index contributed by atoms with van der Waals surface area (Å²) < 4.78 is 2.31. The molecule has 2 aliphatic carbocycles. The van der Waals surface area contributed by atoms with Crippen molar-refractivity contribution in [3.05, 3.63) is 76.0 Å². The molecule has 1 aromatic heterocycles. The van der Waals surface area contributed by atoms with Crippen LogP contribution in [0, 0.1) is 20.8 Å². The van der Waals surface area contributed by atoms with Crippen LogP contribution in [-0.2, 0) is 13.5 Å². The topological polar surface area (TPSA) is 3.88 Å². The van der Waals surface area contributed by atoms with E-state index >= 15 is 0 Å². The number of hydrogen-bond donors (Lipinski definition) is 0. The fourth-order valence-electron chi connectivity index (χ4n) is 5.54. The molecule has 28 heavy (non-hydrogen) atoms. The van der Waals surface area contributed by atoms with Crippen LogP contribution >= 0.6 is 0 Å². The maximum atomic E-state index is 2.41. The lowest BCUT2D eigenvalue weighted by Gasteiger charge is -2.14. The largest absolute Gasteiger partial charge is 0.213 e. The van der Waals surface area contributed by atoms with Gasteiger partial charge < -0.3 is 0 Å². The van der Waals surface area contributed by atoms with Gasteiger partial charge in [0.05, 0.1) is 5.56 Å². The molecule has 0 unspecified atom stereocenters. The zero-order valence-corrected chi connectivity index (χ0v) is 17.6. The highest BCUT2D eigenvalue weighted by molar-refractivity contribution is 5.85. The minimum atomic E-state index is 0.770. The molecule has 0 amide bonds. The number of fused-ring (bicyclic) bond motifs is 3. The number of hydrogen-bond acceptors (Lipinski definition) is 0. The van der Waals surface area contributed by atoms with Crippen LogP contribution in [0.15, 0.2) is 42.6 Å². The van der Waals surface area contributed by atoms with Gasteiger partial charge in [0.15, 0.2) is 6.20 Å². The first kappa shape index (κ1) is 17.7. The smallest absolute Gasteiger partial charge is 0.201 e. The van der Waals surface area contributed by atoms with Crippen LogP contribution in [0.25, 0.3) is 22.4 Å². The summed E-state index contributed by atoms with van der Waals surface area (Å²) in [5.41, 5.74) is 14.6. The van der Waals surface area contributed by atoms with E-state index in [2.05, 4.69) is 75.0 Å². The highest BCUT2D eigenvalue weighted by Gasteiger charge is 2.30. The van der Waals surface area contributed by atoms with E-state index in [0.29, 0.717) is 0 Å². The minimum absolute atomic E-state index is 0.770. The molecule has 0 aliphatic heterocycles. The third-order valence-electron chi connectivity index (χ3n) is 7.17. The third kappa shape index (κ3) is 2.64. The highest BCUT2D eigenvalue weighted by atomic mass is 14.9. The summed E-state index contributed by atoms with van der Waals surface area (Å²) >= 11 is 0. The summed E-state index contributed by atoms with van der Waals surface area (Å²) in [6.07, 6.45) is 8.88. The van der Waals surface area contributed by atoms with Crippen LogP contribution in [0.2, 0.25) is 0 Å². The maximum absolute atomic E-state index is 2.41. The Morgan fingerprint density at radius 1 is 0.821 bits per heavy atom. The van der Waals surface area contributed by atoms with E-state index in [1.54, 1.807) is 11.1 Å². The first-order valence-electron chi connectivity index (χ1n) is 10.8. The molecule has 0 saturated heterocycles. The third-order valence-corrected chi connectivity index (χ3v) is 7.17. The number of nitrogens with zero attached hydrogens (tertiary/aromatic N) is 1.